The van der Waals surface area contributed by atoms with Gasteiger partial charge in [-0.3, -0.25) is 4.79 Å². The van der Waals surface area contributed by atoms with Crippen molar-refractivity contribution in [1.29, 1.82) is 0 Å². The second-order valence-corrected chi connectivity index (χ2v) is 23.1. The van der Waals surface area contributed by atoms with Gasteiger partial charge in [-0.2, -0.15) is 0 Å². The summed E-state index contributed by atoms with van der Waals surface area (Å²) in [4.78, 5) is 42.6. The predicted octanol–water partition coefficient (Wildman–Crippen LogP) is 9.73. The number of carbonyl (C=O) groups excluding carboxylic acids is 3. The molecule has 1 aliphatic rings. The van der Waals surface area contributed by atoms with Gasteiger partial charge in [0, 0.05) is 17.2 Å². The topological polar surface area (TPSA) is 115 Å². The molecule has 1 aliphatic heterocycles. The number of hydrogen-bond acceptors (Lipinski definition) is 7. The largest absolute Gasteiger partial charge is 0.444 e. The van der Waals surface area contributed by atoms with E-state index < -0.39 is 79.2 Å². The van der Waals surface area contributed by atoms with Crippen molar-refractivity contribution in [2.45, 2.75) is 129 Å². The van der Waals surface area contributed by atoms with Crippen LogP contribution in [0.2, 0.25) is 18.1 Å². The normalized spacial score (nSPS) is 17.1. The van der Waals surface area contributed by atoms with Gasteiger partial charge in [-0.15, -0.1) is 0 Å². The van der Waals surface area contributed by atoms with Crippen LogP contribution < -0.4 is 10.6 Å². The van der Waals surface area contributed by atoms with Crippen molar-refractivity contribution < 1.29 is 46.2 Å². The number of amides is 3. The third-order valence-corrected chi connectivity index (χ3v) is 14.7. The van der Waals surface area contributed by atoms with Crippen molar-refractivity contribution in [3.8, 4) is 0 Å². The Morgan fingerprint density at radius 3 is 1.84 bits per heavy atom. The molecule has 0 spiro atoms. The van der Waals surface area contributed by atoms with Gasteiger partial charge in [0.05, 0.1) is 31.9 Å². The van der Waals surface area contributed by atoms with Gasteiger partial charge in [-0.25, -0.2) is 22.8 Å². The van der Waals surface area contributed by atoms with E-state index in [1.807, 2.05) is 0 Å². The average Bonchev–Trinajstić information content (AvgIpc) is 3.09. The van der Waals surface area contributed by atoms with E-state index in [2.05, 4.69) is 44.5 Å². The molecule has 10 nitrogen and oxygen atoms in total. The highest BCUT2D eigenvalue weighted by molar-refractivity contribution is 6.74. The Balaban J connectivity index is 1.64. The number of ether oxygens (including phenoxy) is 3. The van der Waals surface area contributed by atoms with Crippen molar-refractivity contribution in [2.75, 3.05) is 25.0 Å². The molecule has 58 heavy (non-hydrogen) atoms. The Morgan fingerprint density at radius 2 is 1.33 bits per heavy atom. The highest BCUT2D eigenvalue weighted by Crippen LogP contribution is 2.37. The van der Waals surface area contributed by atoms with Crippen molar-refractivity contribution >= 4 is 32.1 Å². The van der Waals surface area contributed by atoms with Crippen LogP contribution in [0.3, 0.4) is 0 Å². The fraction of sp³-hybridized carbons (Fsp3) is 0.523. The van der Waals surface area contributed by atoms with Gasteiger partial charge in [0.15, 0.2) is 8.32 Å². The van der Waals surface area contributed by atoms with E-state index in [0.717, 1.165) is 0 Å². The molecule has 1 unspecified atom stereocenters. The first-order chi connectivity index (χ1) is 26.8. The van der Waals surface area contributed by atoms with Gasteiger partial charge in [0.2, 0.25) is 5.91 Å². The smallest absolute Gasteiger partial charge is 0.410 e. The SMILES string of the molecule is CC(C)(C)OC(=O)NC(C(=O)Nc1cccc(F)c1CC[C@@H]1CN(C(=O)OC(C)(C)C)C[C@@H](CO[Si](C)(C)C(C)(C)C)O1)C(c1ccc(F)cc1)c1ccc(F)cc1. The molecule has 3 aromatic rings. The maximum Gasteiger partial charge on any atom is 0.410 e. The maximum absolute atomic E-state index is 15.8. The third-order valence-electron chi connectivity index (χ3n) is 10.2. The molecule has 3 amide bonds. The number of benzene rings is 3. The zero-order chi connectivity index (χ0) is 43.2. The number of hydrogen-bond donors (Lipinski definition) is 2. The zero-order valence-electron chi connectivity index (χ0n) is 35.6. The van der Waals surface area contributed by atoms with Crippen LogP contribution in [0, 0.1) is 17.5 Å². The molecule has 3 aromatic carbocycles. The molecule has 14 heteroatoms. The van der Waals surface area contributed by atoms with E-state index >= 15 is 4.39 Å². The maximum atomic E-state index is 15.8. The average molecular weight is 828 g/mol. The van der Waals surface area contributed by atoms with Crippen molar-refractivity contribution in [3.63, 3.8) is 0 Å². The Hall–Kier alpha value is -4.40. The second-order valence-electron chi connectivity index (χ2n) is 18.3. The minimum absolute atomic E-state index is 0.0446. The summed E-state index contributed by atoms with van der Waals surface area (Å²) in [6.07, 6.45) is -2.01. The highest BCUT2D eigenvalue weighted by atomic mass is 28.4. The molecule has 0 saturated carbocycles. The van der Waals surface area contributed by atoms with E-state index in [1.54, 1.807) is 52.5 Å². The summed E-state index contributed by atoms with van der Waals surface area (Å²) in [6.45, 7) is 21.8. The van der Waals surface area contributed by atoms with Crippen LogP contribution in [-0.4, -0.2) is 80.5 Å². The second kappa shape index (κ2) is 18.7. The monoisotopic (exact) mass is 827 g/mol. The van der Waals surface area contributed by atoms with Crippen molar-refractivity contribution in [2.24, 2.45) is 0 Å². The molecule has 0 bridgehead atoms. The Bertz CT molecular complexity index is 1830. The lowest BCUT2D eigenvalue weighted by Gasteiger charge is -2.41. The molecule has 3 atom stereocenters. The number of rotatable bonds is 12. The first kappa shape index (κ1) is 46.3. The van der Waals surface area contributed by atoms with Crippen LogP contribution in [-0.2, 0) is 29.9 Å². The molecule has 1 fully saturated rings. The van der Waals surface area contributed by atoms with Gasteiger partial charge >= 0.3 is 12.2 Å². The van der Waals surface area contributed by atoms with E-state index in [-0.39, 0.29) is 48.8 Å². The van der Waals surface area contributed by atoms with E-state index in [1.165, 1.54) is 60.7 Å². The third kappa shape index (κ3) is 13.3. The molecular formula is C44H60F3N3O7Si. The molecular weight excluding hydrogens is 768 g/mol. The fourth-order valence-electron chi connectivity index (χ4n) is 6.27. The number of nitrogens with zero attached hydrogens (tertiary/aromatic N) is 1. The Morgan fingerprint density at radius 1 is 0.793 bits per heavy atom. The van der Waals surface area contributed by atoms with Crippen LogP contribution in [0.1, 0.15) is 91.3 Å². The minimum Gasteiger partial charge on any atom is -0.444 e. The number of nitrogens with one attached hydrogen (secondary N) is 2. The number of alkyl carbamates (subject to hydrolysis) is 1. The summed E-state index contributed by atoms with van der Waals surface area (Å²) in [5.74, 6) is -3.30. The van der Waals surface area contributed by atoms with Gasteiger partial charge in [0.1, 0.15) is 34.7 Å². The molecule has 318 valence electrons. The summed E-state index contributed by atoms with van der Waals surface area (Å²) in [5, 5.41) is 5.45. The van der Waals surface area contributed by atoms with Crippen LogP contribution in [0.15, 0.2) is 66.7 Å². The lowest BCUT2D eigenvalue weighted by molar-refractivity contribution is -0.118. The zero-order valence-corrected chi connectivity index (χ0v) is 36.6. The van der Waals surface area contributed by atoms with Crippen LogP contribution in [0.5, 0.6) is 0 Å². The fourth-order valence-corrected chi connectivity index (χ4v) is 7.30. The van der Waals surface area contributed by atoms with Crippen molar-refractivity contribution in [1.82, 2.24) is 10.2 Å². The quantitative estimate of drug-likeness (QED) is 0.175. The number of halogens is 3. The summed E-state index contributed by atoms with van der Waals surface area (Å²) < 4.78 is 68.2. The van der Waals surface area contributed by atoms with Crippen LogP contribution in [0.25, 0.3) is 0 Å². The first-order valence-electron chi connectivity index (χ1n) is 19.7. The van der Waals surface area contributed by atoms with Crippen molar-refractivity contribution in [3.05, 3.63) is 101 Å². The molecule has 0 aromatic heterocycles. The van der Waals surface area contributed by atoms with Gasteiger partial charge < -0.3 is 34.2 Å². The lowest BCUT2D eigenvalue weighted by Crippen LogP contribution is -2.54. The van der Waals surface area contributed by atoms with Gasteiger partial charge in [0.25, 0.3) is 0 Å². The summed E-state index contributed by atoms with van der Waals surface area (Å²) in [7, 11) is -2.16. The Labute approximate surface area is 342 Å². The van der Waals surface area contributed by atoms with Gasteiger partial charge in [-0.05, 0) is 120 Å². The first-order valence-corrected chi connectivity index (χ1v) is 22.6. The van der Waals surface area contributed by atoms with E-state index in [0.29, 0.717) is 11.1 Å². The summed E-state index contributed by atoms with van der Waals surface area (Å²) in [5.41, 5.74) is -0.423. The van der Waals surface area contributed by atoms with Crippen LogP contribution >= 0.6 is 0 Å². The Kier molecular flexibility index (Phi) is 14.9. The molecule has 2 N–H and O–H groups in total. The van der Waals surface area contributed by atoms with E-state index in [9.17, 15) is 23.2 Å². The highest BCUT2D eigenvalue weighted by Gasteiger charge is 2.40. The summed E-state index contributed by atoms with van der Waals surface area (Å²) >= 11 is 0. The molecule has 0 aliphatic carbocycles. The van der Waals surface area contributed by atoms with E-state index in [4.69, 9.17) is 18.6 Å². The summed E-state index contributed by atoms with van der Waals surface area (Å²) in [6, 6.07) is 13.7. The van der Waals surface area contributed by atoms with Gasteiger partial charge in [-0.1, -0.05) is 51.1 Å². The molecule has 1 heterocycles. The molecule has 4 rings (SSSR count). The lowest BCUT2D eigenvalue weighted by atomic mass is 9.84. The number of carbonyl (C=O) groups is 3. The van der Waals surface area contributed by atoms with Crippen LogP contribution in [0.4, 0.5) is 28.4 Å². The predicted molar refractivity (Wildman–Crippen MR) is 221 cm³/mol. The minimum atomic E-state index is -2.16. The number of morpholine rings is 1. The molecule has 1 saturated heterocycles. The number of anilines is 1. The standard InChI is InChI=1S/C44H60F3N3O7Si/c1-42(2,3)56-40(52)49-38(37(28-15-19-30(45)20-16-28)29-17-21-31(46)22-18-29)39(51)48-36-14-12-13-35(47)34(36)24-23-32-25-50(41(53)57-43(4,5)6)26-33(55-32)27-54-58(10,11)44(7,8)9/h12-22,32-33,37-38H,23-27H2,1-11H3,(H,48,51)(H,49,52)/t32-,33+,38?/m1/s1. The molecule has 0 radical (unpaired) electrons.